The summed E-state index contributed by atoms with van der Waals surface area (Å²) in [6, 6.07) is 9.89. The molecule has 2 rings (SSSR count). The van der Waals surface area contributed by atoms with Gasteiger partial charge in [0.05, 0.1) is 5.69 Å². The first kappa shape index (κ1) is 13.1. The highest BCUT2D eigenvalue weighted by molar-refractivity contribution is 14.1. The van der Waals surface area contributed by atoms with Crippen molar-refractivity contribution in [3.05, 3.63) is 27.8 Å². The Bertz CT molecular complexity index is 365. The fraction of sp³-hybridized carbons (Fsp3) is 0.571. The van der Waals surface area contributed by atoms with Crippen LogP contribution in [0.3, 0.4) is 0 Å². The van der Waals surface area contributed by atoms with Gasteiger partial charge in [0.15, 0.2) is 0 Å². The molecule has 1 atom stereocenters. The lowest BCUT2D eigenvalue weighted by Crippen LogP contribution is -2.48. The SMILES string of the molecule is CC(C)NC1CCCN(c2ccccc2I)C1. The van der Waals surface area contributed by atoms with Gasteiger partial charge < -0.3 is 10.2 Å². The largest absolute Gasteiger partial charge is 0.369 e. The van der Waals surface area contributed by atoms with Crippen LogP contribution >= 0.6 is 22.6 Å². The Kier molecular flexibility index (Phi) is 4.68. The Morgan fingerprint density at radius 2 is 2.12 bits per heavy atom. The molecule has 0 aliphatic carbocycles. The Balaban J connectivity index is 2.04. The first-order valence-corrected chi connectivity index (χ1v) is 7.50. The number of halogens is 1. The van der Waals surface area contributed by atoms with E-state index in [1.165, 1.54) is 28.6 Å². The molecule has 1 heterocycles. The van der Waals surface area contributed by atoms with E-state index in [4.69, 9.17) is 0 Å². The fourth-order valence-electron chi connectivity index (χ4n) is 2.51. The number of nitrogens with one attached hydrogen (secondary N) is 1. The van der Waals surface area contributed by atoms with E-state index < -0.39 is 0 Å². The minimum atomic E-state index is 0.579. The number of para-hydroxylation sites is 1. The first-order chi connectivity index (χ1) is 8.16. The number of rotatable bonds is 3. The molecule has 3 heteroatoms. The van der Waals surface area contributed by atoms with Crippen molar-refractivity contribution in [1.82, 2.24) is 5.32 Å². The van der Waals surface area contributed by atoms with Gasteiger partial charge in [0.1, 0.15) is 0 Å². The number of hydrogen-bond acceptors (Lipinski definition) is 2. The van der Waals surface area contributed by atoms with Crippen LogP contribution in [0.4, 0.5) is 5.69 Å². The lowest BCUT2D eigenvalue weighted by molar-refractivity contribution is 0.394. The highest BCUT2D eigenvalue weighted by Crippen LogP contribution is 2.25. The third-order valence-corrected chi connectivity index (χ3v) is 4.10. The van der Waals surface area contributed by atoms with Gasteiger partial charge in [-0.1, -0.05) is 26.0 Å². The van der Waals surface area contributed by atoms with E-state index in [0.717, 1.165) is 6.54 Å². The third-order valence-electron chi connectivity index (χ3n) is 3.18. The summed E-state index contributed by atoms with van der Waals surface area (Å²) in [6.45, 7) is 6.78. The second-order valence-electron chi connectivity index (χ2n) is 5.06. The molecule has 0 saturated carbocycles. The molecule has 1 aromatic rings. The second kappa shape index (κ2) is 6.05. The Hall–Kier alpha value is -0.290. The van der Waals surface area contributed by atoms with Crippen LogP contribution in [0, 0.1) is 3.57 Å². The van der Waals surface area contributed by atoms with Crippen LogP contribution in [0.5, 0.6) is 0 Å². The maximum absolute atomic E-state index is 3.66. The number of benzene rings is 1. The topological polar surface area (TPSA) is 15.3 Å². The lowest BCUT2D eigenvalue weighted by Gasteiger charge is -2.36. The summed E-state index contributed by atoms with van der Waals surface area (Å²) in [7, 11) is 0. The molecule has 1 unspecified atom stereocenters. The van der Waals surface area contributed by atoms with Crippen molar-refractivity contribution < 1.29 is 0 Å². The zero-order valence-electron chi connectivity index (χ0n) is 10.6. The van der Waals surface area contributed by atoms with E-state index in [9.17, 15) is 0 Å². The van der Waals surface area contributed by atoms with Gasteiger partial charge in [-0.3, -0.25) is 0 Å². The van der Waals surface area contributed by atoms with Crippen LogP contribution in [0.15, 0.2) is 24.3 Å². The van der Waals surface area contributed by atoms with Crippen LogP contribution < -0.4 is 10.2 Å². The minimum absolute atomic E-state index is 0.579. The van der Waals surface area contributed by atoms with Crippen LogP contribution in [-0.2, 0) is 0 Å². The summed E-state index contributed by atoms with van der Waals surface area (Å²) in [5.74, 6) is 0. The Morgan fingerprint density at radius 1 is 1.35 bits per heavy atom. The van der Waals surface area contributed by atoms with Gasteiger partial charge >= 0.3 is 0 Å². The van der Waals surface area contributed by atoms with E-state index in [0.29, 0.717) is 12.1 Å². The van der Waals surface area contributed by atoms with Crippen molar-refractivity contribution in [2.45, 2.75) is 38.8 Å². The molecule has 17 heavy (non-hydrogen) atoms. The molecule has 1 aromatic carbocycles. The lowest BCUT2D eigenvalue weighted by atomic mass is 10.0. The van der Waals surface area contributed by atoms with Gasteiger partial charge in [-0.05, 0) is 47.6 Å². The second-order valence-corrected chi connectivity index (χ2v) is 6.22. The van der Waals surface area contributed by atoms with E-state index >= 15 is 0 Å². The standard InChI is InChI=1S/C14H21IN2/c1-11(2)16-12-6-5-9-17(10-12)14-8-4-3-7-13(14)15/h3-4,7-8,11-12,16H,5-6,9-10H2,1-2H3. The van der Waals surface area contributed by atoms with Crippen molar-refractivity contribution >= 4 is 28.3 Å². The maximum Gasteiger partial charge on any atom is 0.0502 e. The number of nitrogens with zero attached hydrogens (tertiary/aromatic N) is 1. The summed E-state index contributed by atoms with van der Waals surface area (Å²) in [5.41, 5.74) is 1.39. The molecule has 1 saturated heterocycles. The summed E-state index contributed by atoms with van der Waals surface area (Å²) in [6.07, 6.45) is 2.59. The van der Waals surface area contributed by atoms with E-state index in [2.05, 4.69) is 70.9 Å². The smallest absolute Gasteiger partial charge is 0.0502 e. The number of piperidine rings is 1. The predicted octanol–water partition coefficient (Wildman–Crippen LogP) is 3.26. The molecule has 1 aliphatic rings. The van der Waals surface area contributed by atoms with Crippen molar-refractivity contribution in [3.63, 3.8) is 0 Å². The quantitative estimate of drug-likeness (QED) is 0.847. The van der Waals surface area contributed by atoms with Crippen LogP contribution in [0.25, 0.3) is 0 Å². The average Bonchev–Trinajstić information content (AvgIpc) is 2.29. The maximum atomic E-state index is 3.66. The van der Waals surface area contributed by atoms with Crippen LogP contribution in [0.1, 0.15) is 26.7 Å². The summed E-state index contributed by atoms with van der Waals surface area (Å²) in [5, 5.41) is 3.66. The van der Waals surface area contributed by atoms with Gasteiger partial charge in [0.2, 0.25) is 0 Å². The van der Waals surface area contributed by atoms with E-state index in [1.54, 1.807) is 0 Å². The molecule has 1 aliphatic heterocycles. The van der Waals surface area contributed by atoms with Gasteiger partial charge in [0.25, 0.3) is 0 Å². The first-order valence-electron chi connectivity index (χ1n) is 6.42. The predicted molar refractivity (Wildman–Crippen MR) is 82.7 cm³/mol. The van der Waals surface area contributed by atoms with E-state index in [1.807, 2.05) is 0 Å². The Morgan fingerprint density at radius 3 is 2.82 bits per heavy atom. The average molecular weight is 344 g/mol. The van der Waals surface area contributed by atoms with Crippen molar-refractivity contribution in [2.24, 2.45) is 0 Å². The summed E-state index contributed by atoms with van der Waals surface area (Å²) in [4.78, 5) is 2.52. The molecule has 1 N–H and O–H groups in total. The molecule has 1 fully saturated rings. The van der Waals surface area contributed by atoms with Crippen molar-refractivity contribution in [2.75, 3.05) is 18.0 Å². The summed E-state index contributed by atoms with van der Waals surface area (Å²) >= 11 is 2.43. The van der Waals surface area contributed by atoms with Crippen molar-refractivity contribution in [3.8, 4) is 0 Å². The molecular weight excluding hydrogens is 323 g/mol. The van der Waals surface area contributed by atoms with Gasteiger partial charge in [-0.15, -0.1) is 0 Å². The van der Waals surface area contributed by atoms with Gasteiger partial charge in [0, 0.05) is 28.7 Å². The molecule has 94 valence electrons. The Labute approximate surface area is 118 Å². The van der Waals surface area contributed by atoms with Crippen molar-refractivity contribution in [1.29, 1.82) is 0 Å². The minimum Gasteiger partial charge on any atom is -0.369 e. The van der Waals surface area contributed by atoms with Gasteiger partial charge in [-0.25, -0.2) is 0 Å². The number of anilines is 1. The fourth-order valence-corrected chi connectivity index (χ4v) is 3.24. The molecule has 2 nitrogen and oxygen atoms in total. The molecule has 0 amide bonds. The monoisotopic (exact) mass is 344 g/mol. The number of hydrogen-bond donors (Lipinski definition) is 1. The zero-order chi connectivity index (χ0) is 12.3. The molecule has 0 aromatic heterocycles. The highest BCUT2D eigenvalue weighted by Gasteiger charge is 2.21. The van der Waals surface area contributed by atoms with Crippen LogP contribution in [0.2, 0.25) is 0 Å². The normalized spacial score (nSPS) is 20.9. The van der Waals surface area contributed by atoms with E-state index in [-0.39, 0.29) is 0 Å². The molecule has 0 spiro atoms. The van der Waals surface area contributed by atoms with Crippen LogP contribution in [-0.4, -0.2) is 25.2 Å². The molecule has 0 radical (unpaired) electrons. The molecule has 0 bridgehead atoms. The highest BCUT2D eigenvalue weighted by atomic mass is 127. The summed E-state index contributed by atoms with van der Waals surface area (Å²) < 4.78 is 1.36. The third kappa shape index (κ3) is 3.58. The van der Waals surface area contributed by atoms with Gasteiger partial charge in [-0.2, -0.15) is 0 Å². The zero-order valence-corrected chi connectivity index (χ0v) is 12.8. The molecular formula is C14H21IN2.